The maximum Gasteiger partial charge on any atom is 0.138 e. The van der Waals surface area contributed by atoms with E-state index in [9.17, 15) is 0 Å². The van der Waals surface area contributed by atoms with E-state index in [0.717, 1.165) is 31.7 Å². The van der Waals surface area contributed by atoms with Crippen LogP contribution < -0.4 is 10.1 Å². The lowest BCUT2D eigenvalue weighted by Crippen LogP contribution is -2.48. The fourth-order valence-corrected chi connectivity index (χ4v) is 2.72. The molecular formula is C13H18Cl2N2O. The number of benzene rings is 1. The summed E-state index contributed by atoms with van der Waals surface area (Å²) < 4.78 is 5.15. The lowest BCUT2D eigenvalue weighted by Gasteiger charge is -2.32. The molecule has 1 heterocycles. The Bertz CT molecular complexity index is 426. The Labute approximate surface area is 118 Å². The predicted octanol–water partition coefficient (Wildman–Crippen LogP) is 2.80. The fraction of sp³-hybridized carbons (Fsp3) is 0.538. The van der Waals surface area contributed by atoms with Gasteiger partial charge >= 0.3 is 0 Å². The van der Waals surface area contributed by atoms with Gasteiger partial charge in [0.25, 0.3) is 0 Å². The van der Waals surface area contributed by atoms with Crippen LogP contribution in [0.15, 0.2) is 12.1 Å². The van der Waals surface area contributed by atoms with Crippen molar-refractivity contribution >= 4 is 23.2 Å². The minimum atomic E-state index is 0.520. The van der Waals surface area contributed by atoms with Gasteiger partial charge in [-0.15, -0.1) is 0 Å². The molecule has 5 heteroatoms. The quantitative estimate of drug-likeness (QED) is 0.926. The maximum absolute atomic E-state index is 6.25. The van der Waals surface area contributed by atoms with Crippen LogP contribution in [0.4, 0.5) is 0 Å². The summed E-state index contributed by atoms with van der Waals surface area (Å²) in [5.74, 6) is 0.624. The van der Waals surface area contributed by atoms with Gasteiger partial charge in [-0.05, 0) is 18.6 Å². The monoisotopic (exact) mass is 288 g/mol. The summed E-state index contributed by atoms with van der Waals surface area (Å²) in [5.41, 5.74) is 1.05. The Morgan fingerprint density at radius 2 is 2.17 bits per heavy atom. The molecular weight excluding hydrogens is 271 g/mol. The number of rotatable bonds is 3. The second-order valence-corrected chi connectivity index (χ2v) is 5.48. The number of methoxy groups -OCH3 is 1. The van der Waals surface area contributed by atoms with Crippen LogP contribution >= 0.6 is 23.2 Å². The molecule has 2 rings (SSSR count). The Morgan fingerprint density at radius 3 is 2.83 bits per heavy atom. The summed E-state index contributed by atoms with van der Waals surface area (Å²) in [6, 6.07) is 4.20. The van der Waals surface area contributed by atoms with E-state index in [1.165, 1.54) is 0 Å². The average Bonchev–Trinajstić information content (AvgIpc) is 2.33. The zero-order valence-corrected chi connectivity index (χ0v) is 12.2. The minimum Gasteiger partial charge on any atom is -0.495 e. The number of halogens is 2. The highest BCUT2D eigenvalue weighted by molar-refractivity contribution is 6.34. The van der Waals surface area contributed by atoms with Gasteiger partial charge in [-0.1, -0.05) is 23.2 Å². The molecule has 1 atom stereocenters. The van der Waals surface area contributed by atoms with Gasteiger partial charge in [-0.25, -0.2) is 0 Å². The fourth-order valence-electron chi connectivity index (χ4n) is 2.24. The van der Waals surface area contributed by atoms with Crippen molar-refractivity contribution in [2.75, 3.05) is 26.7 Å². The van der Waals surface area contributed by atoms with Crippen molar-refractivity contribution in [1.29, 1.82) is 0 Å². The molecule has 1 N–H and O–H groups in total. The second kappa shape index (κ2) is 6.11. The molecule has 0 bridgehead atoms. The lowest BCUT2D eigenvalue weighted by molar-refractivity contribution is 0.199. The summed E-state index contributed by atoms with van der Waals surface area (Å²) >= 11 is 12.4. The largest absolute Gasteiger partial charge is 0.495 e. The third-order valence-electron chi connectivity index (χ3n) is 3.17. The number of piperazine rings is 1. The van der Waals surface area contributed by atoms with Crippen LogP contribution in [-0.2, 0) is 6.54 Å². The standard InChI is InChI=1S/C13H18Cl2N2O/c1-9-7-17(4-3-16-9)8-10-5-12(15)13(18-2)6-11(10)14/h5-6,9,16H,3-4,7-8H2,1-2H3. The molecule has 0 aromatic heterocycles. The van der Waals surface area contributed by atoms with Crippen LogP contribution in [-0.4, -0.2) is 37.7 Å². The summed E-state index contributed by atoms with van der Waals surface area (Å²) in [6.07, 6.45) is 0. The van der Waals surface area contributed by atoms with Gasteiger partial charge in [0.2, 0.25) is 0 Å². The lowest BCUT2D eigenvalue weighted by atomic mass is 10.1. The Balaban J connectivity index is 2.11. The first-order valence-corrected chi connectivity index (χ1v) is 6.83. The predicted molar refractivity (Wildman–Crippen MR) is 75.8 cm³/mol. The SMILES string of the molecule is COc1cc(Cl)c(CN2CCNC(C)C2)cc1Cl. The summed E-state index contributed by atoms with van der Waals surface area (Å²) in [7, 11) is 1.59. The minimum absolute atomic E-state index is 0.520. The molecule has 1 saturated heterocycles. The Kier molecular flexibility index (Phi) is 4.73. The van der Waals surface area contributed by atoms with Crippen molar-refractivity contribution in [2.24, 2.45) is 0 Å². The molecule has 1 aromatic rings. The van der Waals surface area contributed by atoms with E-state index >= 15 is 0 Å². The highest BCUT2D eigenvalue weighted by Crippen LogP contribution is 2.31. The van der Waals surface area contributed by atoms with Gasteiger partial charge in [0.05, 0.1) is 12.1 Å². The second-order valence-electron chi connectivity index (χ2n) is 4.67. The number of hydrogen-bond donors (Lipinski definition) is 1. The average molecular weight is 289 g/mol. The molecule has 18 heavy (non-hydrogen) atoms. The highest BCUT2D eigenvalue weighted by Gasteiger charge is 2.17. The highest BCUT2D eigenvalue weighted by atomic mass is 35.5. The first-order valence-electron chi connectivity index (χ1n) is 6.08. The van der Waals surface area contributed by atoms with E-state index in [0.29, 0.717) is 21.8 Å². The van der Waals surface area contributed by atoms with Gasteiger partial charge in [0.1, 0.15) is 5.75 Å². The summed E-state index contributed by atoms with van der Waals surface area (Å²) in [6.45, 7) is 6.09. The van der Waals surface area contributed by atoms with Gasteiger partial charge in [-0.3, -0.25) is 4.90 Å². The molecule has 1 aliphatic rings. The maximum atomic E-state index is 6.25. The molecule has 0 spiro atoms. The smallest absolute Gasteiger partial charge is 0.138 e. The van der Waals surface area contributed by atoms with E-state index in [1.807, 2.05) is 6.07 Å². The number of ether oxygens (including phenoxy) is 1. The molecule has 1 aliphatic heterocycles. The van der Waals surface area contributed by atoms with E-state index in [1.54, 1.807) is 13.2 Å². The first kappa shape index (κ1) is 13.9. The van der Waals surface area contributed by atoms with Gasteiger partial charge < -0.3 is 10.1 Å². The van der Waals surface area contributed by atoms with Crippen LogP contribution in [0.2, 0.25) is 10.0 Å². The molecule has 1 fully saturated rings. The molecule has 0 amide bonds. The molecule has 0 radical (unpaired) electrons. The van der Waals surface area contributed by atoms with E-state index < -0.39 is 0 Å². The van der Waals surface area contributed by atoms with Crippen molar-refractivity contribution in [3.05, 3.63) is 27.7 Å². The van der Waals surface area contributed by atoms with Crippen molar-refractivity contribution in [1.82, 2.24) is 10.2 Å². The number of nitrogens with zero attached hydrogens (tertiary/aromatic N) is 1. The zero-order valence-electron chi connectivity index (χ0n) is 10.7. The van der Waals surface area contributed by atoms with Crippen molar-refractivity contribution in [3.8, 4) is 5.75 Å². The first-order chi connectivity index (χ1) is 8.60. The summed E-state index contributed by atoms with van der Waals surface area (Å²) in [4.78, 5) is 2.38. The summed E-state index contributed by atoms with van der Waals surface area (Å²) in [5, 5.41) is 4.74. The number of nitrogens with one attached hydrogen (secondary N) is 1. The van der Waals surface area contributed by atoms with Crippen LogP contribution in [0, 0.1) is 0 Å². The molecule has 100 valence electrons. The molecule has 1 unspecified atom stereocenters. The van der Waals surface area contributed by atoms with Crippen LogP contribution in [0.5, 0.6) is 5.75 Å². The van der Waals surface area contributed by atoms with E-state index in [-0.39, 0.29) is 0 Å². The van der Waals surface area contributed by atoms with Crippen molar-refractivity contribution in [2.45, 2.75) is 19.5 Å². The molecule has 0 saturated carbocycles. The van der Waals surface area contributed by atoms with Gasteiger partial charge in [0.15, 0.2) is 0 Å². The van der Waals surface area contributed by atoms with Gasteiger partial charge in [-0.2, -0.15) is 0 Å². The van der Waals surface area contributed by atoms with Crippen molar-refractivity contribution < 1.29 is 4.74 Å². The molecule has 0 aliphatic carbocycles. The Morgan fingerprint density at radius 1 is 1.39 bits per heavy atom. The van der Waals surface area contributed by atoms with Crippen LogP contribution in [0.25, 0.3) is 0 Å². The normalized spacial score (nSPS) is 21.0. The third-order valence-corrected chi connectivity index (χ3v) is 3.81. The third kappa shape index (κ3) is 3.29. The van der Waals surface area contributed by atoms with Crippen LogP contribution in [0.3, 0.4) is 0 Å². The van der Waals surface area contributed by atoms with E-state index in [2.05, 4.69) is 17.1 Å². The van der Waals surface area contributed by atoms with Crippen LogP contribution in [0.1, 0.15) is 12.5 Å². The molecule has 3 nitrogen and oxygen atoms in total. The topological polar surface area (TPSA) is 24.5 Å². The Hall–Kier alpha value is -0.480. The van der Waals surface area contributed by atoms with E-state index in [4.69, 9.17) is 27.9 Å². The van der Waals surface area contributed by atoms with Crippen molar-refractivity contribution in [3.63, 3.8) is 0 Å². The number of hydrogen-bond acceptors (Lipinski definition) is 3. The van der Waals surface area contributed by atoms with Gasteiger partial charge in [0, 0.05) is 43.3 Å². The molecule has 1 aromatic carbocycles. The zero-order chi connectivity index (χ0) is 13.1.